The van der Waals surface area contributed by atoms with Crippen molar-refractivity contribution in [3.05, 3.63) is 30.4 Å². The van der Waals surface area contributed by atoms with Crippen LogP contribution in [-0.4, -0.2) is 38.0 Å². The molecule has 2 aliphatic carbocycles. The highest BCUT2D eigenvalue weighted by Gasteiger charge is 2.35. The zero-order chi connectivity index (χ0) is 17.8. The van der Waals surface area contributed by atoms with Gasteiger partial charge in [0.15, 0.2) is 0 Å². The quantitative estimate of drug-likeness (QED) is 0.821. The van der Waals surface area contributed by atoms with E-state index in [0.29, 0.717) is 17.9 Å². The lowest BCUT2D eigenvalue weighted by atomic mass is 9.88. The molecule has 2 aromatic rings. The van der Waals surface area contributed by atoms with Gasteiger partial charge in [0, 0.05) is 30.0 Å². The Kier molecular flexibility index (Phi) is 5.27. The molecule has 6 heteroatoms. The number of hydrogen-bond acceptors (Lipinski definition) is 5. The van der Waals surface area contributed by atoms with E-state index in [0.717, 1.165) is 31.2 Å². The van der Waals surface area contributed by atoms with Crippen LogP contribution in [0.1, 0.15) is 74.9 Å². The third-order valence-electron chi connectivity index (χ3n) is 5.70. The summed E-state index contributed by atoms with van der Waals surface area (Å²) in [5, 5.41) is 4.01. The standard InChI is InChI=1S/C20H26N4O2/c25-20(19-22-18(23-26-19)15-8-7-13-21-14-15)24(16-9-3-1-4-10-16)17-11-5-2-6-12-17/h7-8,13-14,16-17H,1-6,9-12H2. The molecule has 2 fully saturated rings. The Balaban J connectivity index is 1.58. The Morgan fingerprint density at radius 2 is 1.65 bits per heavy atom. The Labute approximate surface area is 154 Å². The van der Waals surface area contributed by atoms with Crippen LogP contribution in [-0.2, 0) is 0 Å². The molecule has 0 aliphatic heterocycles. The van der Waals surface area contributed by atoms with E-state index in [2.05, 4.69) is 20.0 Å². The number of amides is 1. The molecule has 0 bridgehead atoms. The van der Waals surface area contributed by atoms with E-state index >= 15 is 0 Å². The lowest BCUT2D eigenvalue weighted by molar-refractivity contribution is 0.0401. The molecule has 0 unspecified atom stereocenters. The Morgan fingerprint density at radius 1 is 1.00 bits per heavy atom. The topological polar surface area (TPSA) is 72.1 Å². The first kappa shape index (κ1) is 17.2. The van der Waals surface area contributed by atoms with Gasteiger partial charge in [-0.05, 0) is 37.8 Å². The lowest BCUT2D eigenvalue weighted by Gasteiger charge is -2.41. The van der Waals surface area contributed by atoms with E-state index in [4.69, 9.17) is 4.52 Å². The number of pyridine rings is 1. The summed E-state index contributed by atoms with van der Waals surface area (Å²) in [4.78, 5) is 23.9. The van der Waals surface area contributed by atoms with Crippen molar-refractivity contribution in [3.63, 3.8) is 0 Å². The fraction of sp³-hybridized carbons (Fsp3) is 0.600. The molecular weight excluding hydrogens is 328 g/mol. The maximum Gasteiger partial charge on any atom is 0.316 e. The van der Waals surface area contributed by atoms with Crippen molar-refractivity contribution in [2.24, 2.45) is 0 Å². The molecule has 2 aromatic heterocycles. The summed E-state index contributed by atoms with van der Waals surface area (Å²) in [5.41, 5.74) is 0.761. The fourth-order valence-corrected chi connectivity index (χ4v) is 4.38. The van der Waals surface area contributed by atoms with E-state index in [1.807, 2.05) is 12.1 Å². The zero-order valence-corrected chi connectivity index (χ0v) is 15.1. The monoisotopic (exact) mass is 354 g/mol. The van der Waals surface area contributed by atoms with Crippen molar-refractivity contribution in [1.82, 2.24) is 20.0 Å². The van der Waals surface area contributed by atoms with Crippen molar-refractivity contribution in [2.45, 2.75) is 76.3 Å². The van der Waals surface area contributed by atoms with Gasteiger partial charge in [-0.15, -0.1) is 0 Å². The lowest BCUT2D eigenvalue weighted by Crippen LogP contribution is -2.48. The molecule has 6 nitrogen and oxygen atoms in total. The smallest absolute Gasteiger partial charge is 0.316 e. The summed E-state index contributed by atoms with van der Waals surface area (Å²) in [6.07, 6.45) is 15.1. The summed E-state index contributed by atoms with van der Waals surface area (Å²) in [7, 11) is 0. The van der Waals surface area contributed by atoms with E-state index in [1.165, 1.54) is 38.5 Å². The Hall–Kier alpha value is -2.24. The zero-order valence-electron chi connectivity index (χ0n) is 15.1. The average Bonchev–Trinajstić information content (AvgIpc) is 3.21. The fourth-order valence-electron chi connectivity index (χ4n) is 4.38. The van der Waals surface area contributed by atoms with Crippen LogP contribution >= 0.6 is 0 Å². The number of carbonyl (C=O) groups is 1. The van der Waals surface area contributed by atoms with Gasteiger partial charge in [0.2, 0.25) is 5.82 Å². The summed E-state index contributed by atoms with van der Waals surface area (Å²) >= 11 is 0. The van der Waals surface area contributed by atoms with E-state index in [9.17, 15) is 4.79 Å². The van der Waals surface area contributed by atoms with Crippen molar-refractivity contribution in [2.75, 3.05) is 0 Å². The predicted octanol–water partition coefficient (Wildman–Crippen LogP) is 4.24. The molecular formula is C20H26N4O2. The molecule has 2 heterocycles. The third-order valence-corrected chi connectivity index (χ3v) is 5.70. The van der Waals surface area contributed by atoms with Gasteiger partial charge in [-0.25, -0.2) is 0 Å². The van der Waals surface area contributed by atoms with Gasteiger partial charge in [-0.3, -0.25) is 9.78 Å². The molecule has 0 N–H and O–H groups in total. The minimum Gasteiger partial charge on any atom is -0.328 e. The van der Waals surface area contributed by atoms with Gasteiger partial charge in [-0.2, -0.15) is 4.98 Å². The summed E-state index contributed by atoms with van der Waals surface area (Å²) in [6, 6.07) is 4.32. The second-order valence-corrected chi connectivity index (χ2v) is 7.46. The average molecular weight is 354 g/mol. The molecule has 0 atom stereocenters. The van der Waals surface area contributed by atoms with Gasteiger partial charge in [0.05, 0.1) is 0 Å². The SMILES string of the molecule is O=C(c1nc(-c2cccnc2)no1)N(C1CCCCC1)C1CCCCC1. The summed E-state index contributed by atoms with van der Waals surface area (Å²) in [5.74, 6) is 0.445. The van der Waals surface area contributed by atoms with Crippen LogP contribution in [0.15, 0.2) is 29.0 Å². The molecule has 4 rings (SSSR count). The number of rotatable bonds is 4. The van der Waals surface area contributed by atoms with E-state index in [1.54, 1.807) is 12.4 Å². The molecule has 2 aliphatic rings. The van der Waals surface area contributed by atoms with Crippen LogP contribution in [0.2, 0.25) is 0 Å². The first-order chi connectivity index (χ1) is 12.8. The molecule has 0 saturated heterocycles. The van der Waals surface area contributed by atoms with Gasteiger partial charge in [0.25, 0.3) is 0 Å². The van der Waals surface area contributed by atoms with Crippen LogP contribution in [0.4, 0.5) is 0 Å². The van der Waals surface area contributed by atoms with Crippen molar-refractivity contribution in [1.29, 1.82) is 0 Å². The van der Waals surface area contributed by atoms with Crippen LogP contribution in [0.5, 0.6) is 0 Å². The molecule has 1 amide bonds. The Bertz CT molecular complexity index is 700. The first-order valence-corrected chi connectivity index (χ1v) is 9.90. The van der Waals surface area contributed by atoms with Gasteiger partial charge in [-0.1, -0.05) is 43.7 Å². The second kappa shape index (κ2) is 7.98. The maximum atomic E-state index is 13.3. The molecule has 0 spiro atoms. The summed E-state index contributed by atoms with van der Waals surface area (Å²) in [6.45, 7) is 0. The molecule has 0 radical (unpaired) electrons. The molecule has 2 saturated carbocycles. The maximum absolute atomic E-state index is 13.3. The minimum atomic E-state index is -0.0913. The molecule has 138 valence electrons. The van der Waals surface area contributed by atoms with Gasteiger partial charge >= 0.3 is 11.8 Å². The van der Waals surface area contributed by atoms with Gasteiger partial charge < -0.3 is 9.42 Å². The minimum absolute atomic E-state index is 0.0913. The number of nitrogens with zero attached hydrogens (tertiary/aromatic N) is 4. The molecule has 26 heavy (non-hydrogen) atoms. The highest BCUT2D eigenvalue weighted by molar-refractivity contribution is 5.90. The van der Waals surface area contributed by atoms with Crippen LogP contribution in [0.3, 0.4) is 0 Å². The highest BCUT2D eigenvalue weighted by Crippen LogP contribution is 2.31. The van der Waals surface area contributed by atoms with E-state index in [-0.39, 0.29) is 11.8 Å². The van der Waals surface area contributed by atoms with E-state index < -0.39 is 0 Å². The van der Waals surface area contributed by atoms with Crippen molar-refractivity contribution in [3.8, 4) is 11.4 Å². The largest absolute Gasteiger partial charge is 0.328 e. The number of hydrogen-bond donors (Lipinski definition) is 0. The second-order valence-electron chi connectivity index (χ2n) is 7.46. The highest BCUT2D eigenvalue weighted by atomic mass is 16.5. The Morgan fingerprint density at radius 3 is 2.23 bits per heavy atom. The molecule has 0 aromatic carbocycles. The first-order valence-electron chi connectivity index (χ1n) is 9.90. The van der Waals surface area contributed by atoms with Crippen molar-refractivity contribution < 1.29 is 9.32 Å². The predicted molar refractivity (Wildman–Crippen MR) is 97.4 cm³/mol. The number of aromatic nitrogens is 3. The summed E-state index contributed by atoms with van der Waals surface area (Å²) < 4.78 is 5.36. The normalized spacial score (nSPS) is 19.4. The van der Waals surface area contributed by atoms with Crippen LogP contribution in [0, 0.1) is 0 Å². The van der Waals surface area contributed by atoms with Gasteiger partial charge in [0.1, 0.15) is 0 Å². The van der Waals surface area contributed by atoms with Crippen molar-refractivity contribution >= 4 is 5.91 Å². The van der Waals surface area contributed by atoms with Crippen LogP contribution < -0.4 is 0 Å². The number of carbonyl (C=O) groups excluding carboxylic acids is 1. The third kappa shape index (κ3) is 3.64. The van der Waals surface area contributed by atoms with Crippen LogP contribution in [0.25, 0.3) is 11.4 Å².